The SMILES string of the molecule is CN(C)C1CCCN(C(=O)c2cc(Cl)ccc2NN)C1. The Bertz CT molecular complexity index is 492. The predicted octanol–water partition coefficient (Wildman–Crippen LogP) is 1.79. The number of nitrogens with one attached hydrogen (secondary N) is 1. The molecule has 1 aromatic rings. The summed E-state index contributed by atoms with van der Waals surface area (Å²) in [5, 5.41) is 0.536. The first kappa shape index (κ1) is 15.1. The van der Waals surface area contributed by atoms with Gasteiger partial charge in [-0.05, 0) is 45.1 Å². The van der Waals surface area contributed by atoms with Crippen LogP contribution in [0.2, 0.25) is 5.02 Å². The number of hydrogen-bond donors (Lipinski definition) is 2. The van der Waals surface area contributed by atoms with Crippen molar-refractivity contribution in [1.29, 1.82) is 0 Å². The van der Waals surface area contributed by atoms with Gasteiger partial charge in [-0.15, -0.1) is 0 Å². The Morgan fingerprint density at radius 3 is 2.90 bits per heavy atom. The average Bonchev–Trinajstić information content (AvgIpc) is 2.46. The van der Waals surface area contributed by atoms with E-state index in [1.807, 2.05) is 19.0 Å². The van der Waals surface area contributed by atoms with Gasteiger partial charge in [-0.1, -0.05) is 11.6 Å². The Morgan fingerprint density at radius 1 is 1.50 bits per heavy atom. The molecule has 1 aromatic carbocycles. The van der Waals surface area contributed by atoms with Gasteiger partial charge in [0.1, 0.15) is 0 Å². The Labute approximate surface area is 124 Å². The quantitative estimate of drug-likeness (QED) is 0.659. The summed E-state index contributed by atoms with van der Waals surface area (Å²) in [6.45, 7) is 1.52. The van der Waals surface area contributed by atoms with Crippen molar-refractivity contribution in [2.45, 2.75) is 18.9 Å². The number of likely N-dealkylation sites (N-methyl/N-ethyl adjacent to an activating group) is 1. The van der Waals surface area contributed by atoms with E-state index in [1.165, 1.54) is 0 Å². The molecule has 1 heterocycles. The van der Waals surface area contributed by atoms with E-state index in [1.54, 1.807) is 18.2 Å². The van der Waals surface area contributed by atoms with Gasteiger partial charge in [0.2, 0.25) is 0 Å². The molecule has 0 aliphatic carbocycles. The monoisotopic (exact) mass is 296 g/mol. The molecule has 1 aliphatic heterocycles. The fraction of sp³-hybridized carbons (Fsp3) is 0.500. The van der Waals surface area contributed by atoms with Gasteiger partial charge in [0.25, 0.3) is 5.91 Å². The molecular formula is C14H21ClN4O. The van der Waals surface area contributed by atoms with Crippen molar-refractivity contribution in [3.63, 3.8) is 0 Å². The summed E-state index contributed by atoms with van der Waals surface area (Å²) >= 11 is 5.99. The predicted molar refractivity (Wildman–Crippen MR) is 81.9 cm³/mol. The van der Waals surface area contributed by atoms with Crippen molar-refractivity contribution in [1.82, 2.24) is 9.80 Å². The fourth-order valence-electron chi connectivity index (χ4n) is 2.55. The van der Waals surface area contributed by atoms with Gasteiger partial charge < -0.3 is 15.2 Å². The number of carbonyl (C=O) groups is 1. The highest BCUT2D eigenvalue weighted by Gasteiger charge is 2.26. The number of nitrogen functional groups attached to an aromatic ring is 1. The molecule has 0 radical (unpaired) electrons. The van der Waals surface area contributed by atoms with Crippen molar-refractivity contribution in [2.75, 3.05) is 32.6 Å². The van der Waals surface area contributed by atoms with Crippen LogP contribution in [0.15, 0.2) is 18.2 Å². The zero-order valence-corrected chi connectivity index (χ0v) is 12.7. The number of hydrazine groups is 1. The number of piperidine rings is 1. The van der Waals surface area contributed by atoms with Crippen LogP contribution in [0, 0.1) is 0 Å². The van der Waals surface area contributed by atoms with Crippen LogP contribution in [0.25, 0.3) is 0 Å². The lowest BCUT2D eigenvalue weighted by molar-refractivity contribution is 0.0636. The second-order valence-corrected chi connectivity index (χ2v) is 5.78. The summed E-state index contributed by atoms with van der Waals surface area (Å²) < 4.78 is 0. The molecule has 2 rings (SSSR count). The third-order valence-corrected chi connectivity index (χ3v) is 4.02. The van der Waals surface area contributed by atoms with Crippen molar-refractivity contribution < 1.29 is 4.79 Å². The molecule has 0 saturated carbocycles. The minimum absolute atomic E-state index is 0.0213. The number of nitrogens with zero attached hydrogens (tertiary/aromatic N) is 2. The minimum atomic E-state index is -0.0213. The van der Waals surface area contributed by atoms with Gasteiger partial charge in [-0.3, -0.25) is 10.6 Å². The first-order chi connectivity index (χ1) is 9.52. The van der Waals surface area contributed by atoms with Gasteiger partial charge in [0.15, 0.2) is 0 Å². The van der Waals surface area contributed by atoms with Crippen LogP contribution < -0.4 is 11.3 Å². The van der Waals surface area contributed by atoms with Crippen LogP contribution in [0.3, 0.4) is 0 Å². The molecule has 3 N–H and O–H groups in total. The Hall–Kier alpha value is -1.30. The van der Waals surface area contributed by atoms with E-state index in [0.29, 0.717) is 22.3 Å². The summed E-state index contributed by atoms with van der Waals surface area (Å²) in [5.74, 6) is 5.45. The first-order valence-electron chi connectivity index (χ1n) is 6.75. The molecule has 1 saturated heterocycles. The molecule has 1 unspecified atom stereocenters. The van der Waals surface area contributed by atoms with Crippen molar-refractivity contribution in [3.8, 4) is 0 Å². The summed E-state index contributed by atoms with van der Waals surface area (Å²) in [4.78, 5) is 16.7. The largest absolute Gasteiger partial charge is 0.337 e. The first-order valence-corrected chi connectivity index (χ1v) is 7.12. The van der Waals surface area contributed by atoms with Crippen LogP contribution in [-0.4, -0.2) is 48.9 Å². The third kappa shape index (κ3) is 3.23. The molecule has 6 heteroatoms. The molecule has 1 fully saturated rings. The second kappa shape index (κ2) is 6.43. The van der Waals surface area contributed by atoms with Crippen LogP contribution in [-0.2, 0) is 0 Å². The second-order valence-electron chi connectivity index (χ2n) is 5.35. The fourth-order valence-corrected chi connectivity index (χ4v) is 2.72. The van der Waals surface area contributed by atoms with Crippen LogP contribution in [0.5, 0.6) is 0 Å². The van der Waals surface area contributed by atoms with Crippen molar-refractivity contribution in [2.24, 2.45) is 5.84 Å². The summed E-state index contributed by atoms with van der Waals surface area (Å²) in [7, 11) is 4.09. The molecule has 5 nitrogen and oxygen atoms in total. The molecule has 0 spiro atoms. The lowest BCUT2D eigenvalue weighted by Crippen LogP contribution is -2.47. The molecule has 0 bridgehead atoms. The van der Waals surface area contributed by atoms with Crippen molar-refractivity contribution >= 4 is 23.2 Å². The van der Waals surface area contributed by atoms with Gasteiger partial charge >= 0.3 is 0 Å². The van der Waals surface area contributed by atoms with E-state index < -0.39 is 0 Å². The molecule has 20 heavy (non-hydrogen) atoms. The lowest BCUT2D eigenvalue weighted by atomic mass is 10.0. The third-order valence-electron chi connectivity index (χ3n) is 3.78. The zero-order chi connectivity index (χ0) is 14.7. The van der Waals surface area contributed by atoms with E-state index in [9.17, 15) is 4.79 Å². The molecular weight excluding hydrogens is 276 g/mol. The highest BCUT2D eigenvalue weighted by molar-refractivity contribution is 6.31. The van der Waals surface area contributed by atoms with E-state index in [4.69, 9.17) is 17.4 Å². The summed E-state index contributed by atoms with van der Waals surface area (Å²) in [5.41, 5.74) is 3.69. The van der Waals surface area contributed by atoms with Crippen LogP contribution in [0.1, 0.15) is 23.2 Å². The van der Waals surface area contributed by atoms with E-state index in [0.717, 1.165) is 25.9 Å². The number of rotatable bonds is 3. The number of halogens is 1. The van der Waals surface area contributed by atoms with Crippen molar-refractivity contribution in [3.05, 3.63) is 28.8 Å². The Balaban J connectivity index is 2.20. The Kier molecular flexibility index (Phi) is 4.86. The maximum atomic E-state index is 12.7. The number of amides is 1. The molecule has 0 aromatic heterocycles. The number of carbonyl (C=O) groups excluding carboxylic acids is 1. The van der Waals surface area contributed by atoms with Gasteiger partial charge in [0.05, 0.1) is 11.3 Å². The molecule has 110 valence electrons. The molecule has 1 amide bonds. The average molecular weight is 297 g/mol. The number of likely N-dealkylation sites (tertiary alicyclic amines) is 1. The number of anilines is 1. The number of nitrogens with two attached hydrogens (primary N) is 1. The van der Waals surface area contributed by atoms with Gasteiger partial charge in [-0.25, -0.2) is 0 Å². The van der Waals surface area contributed by atoms with E-state index in [2.05, 4.69) is 10.3 Å². The highest BCUT2D eigenvalue weighted by Crippen LogP contribution is 2.23. The highest BCUT2D eigenvalue weighted by atomic mass is 35.5. The van der Waals surface area contributed by atoms with Crippen LogP contribution >= 0.6 is 11.6 Å². The lowest BCUT2D eigenvalue weighted by Gasteiger charge is -2.36. The normalized spacial score (nSPS) is 19.2. The van der Waals surface area contributed by atoms with E-state index >= 15 is 0 Å². The van der Waals surface area contributed by atoms with E-state index in [-0.39, 0.29) is 5.91 Å². The molecule has 1 aliphatic rings. The maximum absolute atomic E-state index is 12.7. The van der Waals surface area contributed by atoms with Gasteiger partial charge in [-0.2, -0.15) is 0 Å². The Morgan fingerprint density at radius 2 is 2.25 bits per heavy atom. The maximum Gasteiger partial charge on any atom is 0.256 e. The van der Waals surface area contributed by atoms with Crippen LogP contribution in [0.4, 0.5) is 5.69 Å². The minimum Gasteiger partial charge on any atom is -0.337 e. The standard InChI is InChI=1S/C14H21ClN4O/c1-18(2)11-4-3-7-19(9-11)14(20)12-8-10(15)5-6-13(12)17-16/h5-6,8,11,17H,3-4,7,9,16H2,1-2H3. The smallest absolute Gasteiger partial charge is 0.256 e. The molecule has 1 atom stereocenters. The summed E-state index contributed by atoms with van der Waals surface area (Å²) in [6.07, 6.45) is 2.13. The topological polar surface area (TPSA) is 61.6 Å². The number of hydrogen-bond acceptors (Lipinski definition) is 4. The number of benzene rings is 1. The van der Waals surface area contributed by atoms with Gasteiger partial charge in [0, 0.05) is 24.2 Å². The summed E-state index contributed by atoms with van der Waals surface area (Å²) in [6, 6.07) is 5.51. The zero-order valence-electron chi connectivity index (χ0n) is 11.9.